The second kappa shape index (κ2) is 6.61. The lowest BCUT2D eigenvalue weighted by Gasteiger charge is -2.21. The van der Waals surface area contributed by atoms with Gasteiger partial charge in [0.05, 0.1) is 22.8 Å². The number of hydrogen-bond donors (Lipinski definition) is 1. The number of aromatic nitrogens is 2. The van der Waals surface area contributed by atoms with Crippen LogP contribution in [0.15, 0.2) is 48.9 Å². The van der Waals surface area contributed by atoms with Crippen LogP contribution in [-0.4, -0.2) is 33.9 Å². The number of aromatic amines is 1. The third-order valence-electron chi connectivity index (χ3n) is 6.46. The minimum absolute atomic E-state index is 0.0240. The number of rotatable bonds is 2. The number of nitrogens with zero attached hydrogens (tertiary/aromatic N) is 2. The Kier molecular flexibility index (Phi) is 4.15. The molecule has 2 aromatic heterocycles. The van der Waals surface area contributed by atoms with Gasteiger partial charge in [0.2, 0.25) is 0 Å². The van der Waals surface area contributed by atoms with Gasteiger partial charge in [-0.1, -0.05) is 18.2 Å². The zero-order chi connectivity index (χ0) is 20.2. The van der Waals surface area contributed by atoms with Crippen LogP contribution in [0.1, 0.15) is 40.2 Å². The number of carbonyl (C=O) groups excluding carboxylic acids is 1. The normalized spacial score (nSPS) is 24.2. The highest BCUT2D eigenvalue weighted by molar-refractivity contribution is 6.06. The van der Waals surface area contributed by atoms with Crippen LogP contribution in [-0.2, 0) is 6.18 Å². The third-order valence-corrected chi connectivity index (χ3v) is 6.46. The molecule has 3 atom stereocenters. The first-order valence-electron chi connectivity index (χ1n) is 9.78. The first-order valence-corrected chi connectivity index (χ1v) is 9.78. The summed E-state index contributed by atoms with van der Waals surface area (Å²) in [5.41, 5.74) is 1.32. The van der Waals surface area contributed by atoms with E-state index in [0.29, 0.717) is 37.1 Å². The molecule has 1 aliphatic heterocycles. The number of amides is 1. The highest BCUT2D eigenvalue weighted by Crippen LogP contribution is 2.49. The van der Waals surface area contributed by atoms with Crippen molar-refractivity contribution in [3.8, 4) is 0 Å². The summed E-state index contributed by atoms with van der Waals surface area (Å²) in [5.74, 6) is 0.373. The van der Waals surface area contributed by atoms with E-state index in [1.54, 1.807) is 30.7 Å². The first-order chi connectivity index (χ1) is 13.9. The monoisotopic (exact) mass is 399 g/mol. The van der Waals surface area contributed by atoms with Gasteiger partial charge in [-0.05, 0) is 48.3 Å². The van der Waals surface area contributed by atoms with Crippen molar-refractivity contribution in [2.45, 2.75) is 24.9 Å². The van der Waals surface area contributed by atoms with Gasteiger partial charge >= 0.3 is 6.18 Å². The molecule has 2 aliphatic rings. The van der Waals surface area contributed by atoms with E-state index in [1.807, 2.05) is 11.0 Å². The van der Waals surface area contributed by atoms with E-state index >= 15 is 0 Å². The van der Waals surface area contributed by atoms with Crippen LogP contribution in [0.5, 0.6) is 0 Å². The smallest absolute Gasteiger partial charge is 0.359 e. The number of halogens is 3. The second-order valence-corrected chi connectivity index (χ2v) is 8.11. The van der Waals surface area contributed by atoms with Gasteiger partial charge in [0.15, 0.2) is 0 Å². The van der Waals surface area contributed by atoms with Crippen molar-refractivity contribution in [2.75, 3.05) is 13.1 Å². The molecule has 1 amide bonds. The molecule has 1 saturated heterocycles. The number of carbonyl (C=O) groups is 1. The molecule has 1 aromatic carbocycles. The van der Waals surface area contributed by atoms with Gasteiger partial charge in [0.1, 0.15) is 0 Å². The predicted octanol–water partition coefficient (Wildman–Crippen LogP) is 4.85. The van der Waals surface area contributed by atoms with Crippen LogP contribution in [0.25, 0.3) is 10.9 Å². The van der Waals surface area contributed by atoms with Gasteiger partial charge in [0.25, 0.3) is 5.91 Å². The molecule has 0 bridgehead atoms. The van der Waals surface area contributed by atoms with Crippen LogP contribution in [0.4, 0.5) is 13.2 Å². The average molecular weight is 399 g/mol. The highest BCUT2D eigenvalue weighted by Gasteiger charge is 2.45. The van der Waals surface area contributed by atoms with E-state index in [-0.39, 0.29) is 23.7 Å². The fourth-order valence-corrected chi connectivity index (χ4v) is 5.15. The molecular formula is C22H20F3N3O. The van der Waals surface area contributed by atoms with E-state index in [1.165, 1.54) is 12.1 Å². The number of fused-ring (bicyclic) bond motifs is 2. The lowest BCUT2D eigenvalue weighted by Crippen LogP contribution is -2.29. The van der Waals surface area contributed by atoms with Gasteiger partial charge in [-0.2, -0.15) is 13.2 Å². The average Bonchev–Trinajstić information content (AvgIpc) is 3.39. The quantitative estimate of drug-likeness (QED) is 0.670. The lowest BCUT2D eigenvalue weighted by molar-refractivity contribution is -0.138. The highest BCUT2D eigenvalue weighted by atomic mass is 19.4. The molecule has 1 saturated carbocycles. The Morgan fingerprint density at radius 1 is 1.10 bits per heavy atom. The molecule has 0 radical (unpaired) electrons. The summed E-state index contributed by atoms with van der Waals surface area (Å²) >= 11 is 0. The molecule has 0 spiro atoms. The van der Waals surface area contributed by atoms with Gasteiger partial charge in [-0.25, -0.2) is 0 Å². The molecule has 5 rings (SSSR count). The maximum absolute atomic E-state index is 13.4. The SMILES string of the molecule is O=C(c1c[nH]c2cnccc12)N1C[C@H]2C[C@@H](c3ccccc3C(F)(F)F)C[C@H]2C1. The predicted molar refractivity (Wildman–Crippen MR) is 102 cm³/mol. The summed E-state index contributed by atoms with van der Waals surface area (Å²) in [6, 6.07) is 7.72. The van der Waals surface area contributed by atoms with Gasteiger partial charge in [-0.3, -0.25) is 9.78 Å². The molecule has 4 nitrogen and oxygen atoms in total. The fraction of sp³-hybridized carbons (Fsp3) is 0.364. The Morgan fingerprint density at radius 3 is 2.55 bits per heavy atom. The topological polar surface area (TPSA) is 49.0 Å². The van der Waals surface area contributed by atoms with Gasteiger partial charge in [-0.15, -0.1) is 0 Å². The molecular weight excluding hydrogens is 379 g/mol. The molecule has 2 fully saturated rings. The number of alkyl halides is 3. The second-order valence-electron chi connectivity index (χ2n) is 8.11. The largest absolute Gasteiger partial charge is 0.416 e. The van der Waals surface area contributed by atoms with Crippen LogP contribution in [0.2, 0.25) is 0 Å². The zero-order valence-corrected chi connectivity index (χ0v) is 15.6. The maximum Gasteiger partial charge on any atom is 0.416 e. The standard InChI is InChI=1S/C22H20F3N3O/c23-22(24,25)19-4-2-1-3-16(19)13-7-14-11-28(12-15(14)8-13)21(29)18-9-27-20-10-26-6-5-17(18)20/h1-6,9-10,13-15,27H,7-8,11-12H2/t13-,14-,15+. The van der Waals surface area contributed by atoms with Gasteiger partial charge in [0, 0.05) is 30.9 Å². The molecule has 3 aromatic rings. The van der Waals surface area contributed by atoms with Crippen molar-refractivity contribution < 1.29 is 18.0 Å². The Balaban J connectivity index is 1.33. The minimum Gasteiger partial charge on any atom is -0.359 e. The number of H-pyrrole nitrogens is 1. The number of benzene rings is 1. The summed E-state index contributed by atoms with van der Waals surface area (Å²) in [6.45, 7) is 1.21. The minimum atomic E-state index is -4.33. The van der Waals surface area contributed by atoms with Crippen molar-refractivity contribution in [2.24, 2.45) is 11.8 Å². The number of pyridine rings is 1. The summed E-state index contributed by atoms with van der Waals surface area (Å²) in [6.07, 6.45) is 2.12. The van der Waals surface area contributed by atoms with Crippen LogP contribution in [0.3, 0.4) is 0 Å². The van der Waals surface area contributed by atoms with Crippen LogP contribution >= 0.6 is 0 Å². The molecule has 29 heavy (non-hydrogen) atoms. The Hall–Kier alpha value is -2.83. The van der Waals surface area contributed by atoms with E-state index in [9.17, 15) is 18.0 Å². The summed E-state index contributed by atoms with van der Waals surface area (Å²) in [7, 11) is 0. The summed E-state index contributed by atoms with van der Waals surface area (Å²) < 4.78 is 40.2. The number of nitrogens with one attached hydrogen (secondary N) is 1. The molecule has 1 N–H and O–H groups in total. The lowest BCUT2D eigenvalue weighted by atomic mass is 9.91. The van der Waals surface area contributed by atoms with Gasteiger partial charge < -0.3 is 9.88 Å². The molecule has 0 unspecified atom stereocenters. The van der Waals surface area contributed by atoms with E-state index in [4.69, 9.17) is 0 Å². The van der Waals surface area contributed by atoms with Crippen LogP contribution in [0, 0.1) is 11.8 Å². The first kappa shape index (κ1) is 18.2. The zero-order valence-electron chi connectivity index (χ0n) is 15.6. The van der Waals surface area contributed by atoms with Crippen molar-refractivity contribution >= 4 is 16.8 Å². The van der Waals surface area contributed by atoms with Crippen molar-refractivity contribution in [3.63, 3.8) is 0 Å². The van der Waals surface area contributed by atoms with Crippen molar-refractivity contribution in [1.82, 2.24) is 14.9 Å². The van der Waals surface area contributed by atoms with E-state index in [0.717, 1.165) is 10.9 Å². The van der Waals surface area contributed by atoms with Crippen molar-refractivity contribution in [1.29, 1.82) is 0 Å². The molecule has 1 aliphatic carbocycles. The Labute approximate surface area is 165 Å². The van der Waals surface area contributed by atoms with E-state index in [2.05, 4.69) is 9.97 Å². The Morgan fingerprint density at radius 2 is 1.83 bits per heavy atom. The maximum atomic E-state index is 13.4. The molecule has 3 heterocycles. The third kappa shape index (κ3) is 3.09. The van der Waals surface area contributed by atoms with E-state index < -0.39 is 11.7 Å². The summed E-state index contributed by atoms with van der Waals surface area (Å²) in [5, 5.41) is 0.846. The number of hydrogen-bond acceptors (Lipinski definition) is 2. The van der Waals surface area contributed by atoms with Crippen molar-refractivity contribution in [3.05, 3.63) is 65.6 Å². The Bertz CT molecular complexity index is 1060. The molecule has 7 heteroatoms. The fourth-order valence-electron chi connectivity index (χ4n) is 5.15. The summed E-state index contributed by atoms with van der Waals surface area (Å²) in [4.78, 5) is 22.0. The van der Waals surface area contributed by atoms with Crippen LogP contribution < -0.4 is 0 Å². The number of likely N-dealkylation sites (tertiary alicyclic amines) is 1. The molecule has 150 valence electrons.